The number of amides is 2. The van der Waals surface area contributed by atoms with Crippen LogP contribution in [0.4, 0.5) is 10.5 Å². The number of aliphatic carboxylic acids is 1. The maximum absolute atomic E-state index is 11.9. The van der Waals surface area contributed by atoms with Gasteiger partial charge in [-0.15, -0.1) is 0 Å². The molecule has 2 amide bonds. The van der Waals surface area contributed by atoms with Crippen LogP contribution in [0.5, 0.6) is 0 Å². The van der Waals surface area contributed by atoms with Crippen LogP contribution in [0.3, 0.4) is 0 Å². The summed E-state index contributed by atoms with van der Waals surface area (Å²) in [6.45, 7) is 2.66. The Morgan fingerprint density at radius 1 is 1.43 bits per heavy atom. The third kappa shape index (κ3) is 4.21. The molecule has 1 atom stereocenters. The Bertz CT molecular complexity index is 494. The van der Waals surface area contributed by atoms with Crippen LogP contribution in [0.15, 0.2) is 12.4 Å². The lowest BCUT2D eigenvalue weighted by Gasteiger charge is -2.27. The van der Waals surface area contributed by atoms with Crippen molar-refractivity contribution in [1.29, 1.82) is 0 Å². The fourth-order valence-electron chi connectivity index (χ4n) is 2.76. The molecule has 1 aromatic heterocycles. The van der Waals surface area contributed by atoms with Crippen LogP contribution in [0.1, 0.15) is 39.0 Å². The number of carboxylic acid groups (broad SMARTS) is 1. The van der Waals surface area contributed by atoms with Gasteiger partial charge >= 0.3 is 12.0 Å². The molecule has 1 unspecified atom stereocenters. The molecule has 0 saturated heterocycles. The molecule has 7 nitrogen and oxygen atoms in total. The van der Waals surface area contributed by atoms with Gasteiger partial charge in [0.15, 0.2) is 0 Å². The van der Waals surface area contributed by atoms with Crippen molar-refractivity contribution in [2.24, 2.45) is 5.92 Å². The van der Waals surface area contributed by atoms with Crippen molar-refractivity contribution >= 4 is 17.7 Å². The lowest BCUT2D eigenvalue weighted by Crippen LogP contribution is -2.48. The first-order valence-electron chi connectivity index (χ1n) is 7.43. The largest absolute Gasteiger partial charge is 0.480 e. The number of nitrogens with one attached hydrogen (secondary N) is 2. The Morgan fingerprint density at radius 2 is 2.14 bits per heavy atom. The zero-order valence-electron chi connectivity index (χ0n) is 12.2. The van der Waals surface area contributed by atoms with Crippen molar-refractivity contribution in [2.75, 3.05) is 5.32 Å². The molecule has 1 aromatic rings. The average molecular weight is 294 g/mol. The zero-order chi connectivity index (χ0) is 15.2. The van der Waals surface area contributed by atoms with Crippen LogP contribution in [0.2, 0.25) is 0 Å². The van der Waals surface area contributed by atoms with E-state index in [-0.39, 0.29) is 5.92 Å². The summed E-state index contributed by atoms with van der Waals surface area (Å²) in [6.07, 6.45) is 8.15. The molecular formula is C14H22N4O3. The van der Waals surface area contributed by atoms with Gasteiger partial charge in [0.25, 0.3) is 0 Å². The van der Waals surface area contributed by atoms with Crippen LogP contribution >= 0.6 is 0 Å². The highest BCUT2D eigenvalue weighted by atomic mass is 16.4. The van der Waals surface area contributed by atoms with Gasteiger partial charge in [-0.25, -0.2) is 9.59 Å². The highest BCUT2D eigenvalue weighted by Crippen LogP contribution is 2.26. The van der Waals surface area contributed by atoms with Crippen molar-refractivity contribution < 1.29 is 14.7 Å². The summed E-state index contributed by atoms with van der Waals surface area (Å²) < 4.78 is 1.69. The van der Waals surface area contributed by atoms with Crippen LogP contribution in [0, 0.1) is 5.92 Å². The zero-order valence-corrected chi connectivity index (χ0v) is 12.2. The number of aromatic nitrogens is 2. The number of carbonyl (C=O) groups excluding carboxylic acids is 1. The third-order valence-corrected chi connectivity index (χ3v) is 3.89. The Kier molecular flexibility index (Phi) is 5.19. The minimum atomic E-state index is -0.971. The standard InChI is InChI=1S/C14H22N4O3/c1-2-18-9-11(8-15-18)16-14(21)17-12(13(19)20)10-6-4-3-5-7-10/h8-10,12H,2-7H2,1H3,(H,19,20)(H2,16,17,21). The Morgan fingerprint density at radius 3 is 2.71 bits per heavy atom. The molecule has 1 aliphatic carbocycles. The smallest absolute Gasteiger partial charge is 0.326 e. The van der Waals surface area contributed by atoms with E-state index in [0.717, 1.165) is 32.1 Å². The Balaban J connectivity index is 1.92. The molecule has 3 N–H and O–H groups in total. The number of nitrogens with zero attached hydrogens (tertiary/aromatic N) is 2. The molecule has 1 saturated carbocycles. The van der Waals surface area contributed by atoms with Crippen molar-refractivity contribution in [2.45, 2.75) is 51.6 Å². The minimum absolute atomic E-state index is 0.0142. The summed E-state index contributed by atoms with van der Waals surface area (Å²) in [5, 5.41) is 18.6. The van der Waals surface area contributed by atoms with E-state index in [0.29, 0.717) is 12.2 Å². The molecule has 1 heterocycles. The van der Waals surface area contributed by atoms with E-state index in [2.05, 4.69) is 15.7 Å². The van der Waals surface area contributed by atoms with E-state index in [1.165, 1.54) is 0 Å². The third-order valence-electron chi connectivity index (χ3n) is 3.89. The molecule has 21 heavy (non-hydrogen) atoms. The number of carbonyl (C=O) groups is 2. The average Bonchev–Trinajstić information content (AvgIpc) is 2.93. The van der Waals surface area contributed by atoms with E-state index in [9.17, 15) is 14.7 Å². The summed E-state index contributed by atoms with van der Waals surface area (Å²) in [4.78, 5) is 23.3. The van der Waals surface area contributed by atoms with Gasteiger partial charge in [-0.2, -0.15) is 5.10 Å². The van der Waals surface area contributed by atoms with Gasteiger partial charge in [-0.3, -0.25) is 4.68 Å². The Hall–Kier alpha value is -2.05. The predicted molar refractivity (Wildman–Crippen MR) is 78.1 cm³/mol. The second kappa shape index (κ2) is 7.10. The van der Waals surface area contributed by atoms with E-state index >= 15 is 0 Å². The first kappa shape index (κ1) is 15.3. The molecule has 1 fully saturated rings. The van der Waals surface area contributed by atoms with Crippen LogP contribution in [0.25, 0.3) is 0 Å². The van der Waals surface area contributed by atoms with Crippen LogP contribution in [-0.4, -0.2) is 32.9 Å². The fourth-order valence-corrected chi connectivity index (χ4v) is 2.76. The van der Waals surface area contributed by atoms with Crippen LogP contribution in [-0.2, 0) is 11.3 Å². The second-order valence-corrected chi connectivity index (χ2v) is 5.40. The summed E-state index contributed by atoms with van der Waals surface area (Å²) in [6, 6.07) is -1.32. The number of urea groups is 1. The van der Waals surface area contributed by atoms with Crippen molar-refractivity contribution in [3.8, 4) is 0 Å². The van der Waals surface area contributed by atoms with E-state index in [4.69, 9.17) is 0 Å². The first-order valence-corrected chi connectivity index (χ1v) is 7.43. The summed E-state index contributed by atoms with van der Waals surface area (Å²) in [5.74, 6) is -0.957. The van der Waals surface area contributed by atoms with Crippen molar-refractivity contribution in [3.63, 3.8) is 0 Å². The molecule has 0 radical (unpaired) electrons. The molecule has 116 valence electrons. The lowest BCUT2D eigenvalue weighted by atomic mass is 9.84. The minimum Gasteiger partial charge on any atom is -0.480 e. The number of hydrogen-bond donors (Lipinski definition) is 3. The number of carboxylic acids is 1. The molecule has 0 spiro atoms. The van der Waals surface area contributed by atoms with E-state index in [1.54, 1.807) is 17.1 Å². The maximum Gasteiger partial charge on any atom is 0.326 e. The summed E-state index contributed by atoms with van der Waals surface area (Å²) >= 11 is 0. The molecule has 0 aromatic carbocycles. The summed E-state index contributed by atoms with van der Waals surface area (Å²) in [5.41, 5.74) is 0.558. The molecule has 0 aliphatic heterocycles. The second-order valence-electron chi connectivity index (χ2n) is 5.40. The van der Waals surface area contributed by atoms with Crippen LogP contribution < -0.4 is 10.6 Å². The monoisotopic (exact) mass is 294 g/mol. The van der Waals surface area contributed by atoms with E-state index < -0.39 is 18.0 Å². The van der Waals surface area contributed by atoms with Gasteiger partial charge in [-0.05, 0) is 25.7 Å². The predicted octanol–water partition coefficient (Wildman–Crippen LogP) is 2.06. The van der Waals surface area contributed by atoms with Gasteiger partial charge < -0.3 is 15.7 Å². The van der Waals surface area contributed by atoms with Gasteiger partial charge in [0, 0.05) is 12.7 Å². The number of anilines is 1. The molecule has 0 bridgehead atoms. The quantitative estimate of drug-likeness (QED) is 0.774. The normalized spacial score (nSPS) is 17.2. The topological polar surface area (TPSA) is 96.2 Å². The maximum atomic E-state index is 11.9. The van der Waals surface area contributed by atoms with Gasteiger partial charge in [0.05, 0.1) is 11.9 Å². The first-order chi connectivity index (χ1) is 10.1. The van der Waals surface area contributed by atoms with E-state index in [1.807, 2.05) is 6.92 Å². The molecule has 2 rings (SSSR count). The highest BCUT2D eigenvalue weighted by Gasteiger charge is 2.30. The lowest BCUT2D eigenvalue weighted by molar-refractivity contribution is -0.141. The van der Waals surface area contributed by atoms with Gasteiger partial charge in [0.1, 0.15) is 6.04 Å². The van der Waals surface area contributed by atoms with Gasteiger partial charge in [-0.1, -0.05) is 19.3 Å². The van der Waals surface area contributed by atoms with Gasteiger partial charge in [0.2, 0.25) is 0 Å². The molecule has 1 aliphatic rings. The molecule has 7 heteroatoms. The number of aryl methyl sites for hydroxylation is 1. The number of rotatable bonds is 5. The summed E-state index contributed by atoms with van der Waals surface area (Å²) in [7, 11) is 0. The molecular weight excluding hydrogens is 272 g/mol. The Labute approximate surface area is 123 Å². The highest BCUT2D eigenvalue weighted by molar-refractivity contribution is 5.92. The van der Waals surface area contributed by atoms with Crippen molar-refractivity contribution in [3.05, 3.63) is 12.4 Å². The van der Waals surface area contributed by atoms with Crippen molar-refractivity contribution in [1.82, 2.24) is 15.1 Å². The fraction of sp³-hybridized carbons (Fsp3) is 0.643. The SMILES string of the molecule is CCn1cc(NC(=O)NC(C(=O)O)C2CCCCC2)cn1. The number of hydrogen-bond acceptors (Lipinski definition) is 3.